The summed E-state index contributed by atoms with van der Waals surface area (Å²) in [4.78, 5) is 1.61. The molecule has 90 valence electrons. The van der Waals surface area contributed by atoms with Crippen molar-refractivity contribution in [3.63, 3.8) is 0 Å². The minimum atomic E-state index is 0.262. The van der Waals surface area contributed by atoms with Crippen molar-refractivity contribution < 1.29 is 0 Å². The Morgan fingerprint density at radius 2 is 1.76 bits per heavy atom. The van der Waals surface area contributed by atoms with Crippen molar-refractivity contribution in [3.8, 4) is 0 Å². The van der Waals surface area contributed by atoms with Crippen LogP contribution in [0.3, 0.4) is 0 Å². The van der Waals surface area contributed by atoms with Gasteiger partial charge in [0.15, 0.2) is 0 Å². The van der Waals surface area contributed by atoms with Gasteiger partial charge in [0, 0.05) is 9.35 Å². The van der Waals surface area contributed by atoms with E-state index in [0.29, 0.717) is 0 Å². The first-order valence-corrected chi connectivity index (χ1v) is 8.47. The number of hydrogen-bond acceptors (Lipinski definition) is 1. The van der Waals surface area contributed by atoms with Crippen LogP contribution in [0.15, 0.2) is 32.5 Å². The molecule has 4 heteroatoms. The molecule has 0 saturated heterocycles. The predicted molar refractivity (Wildman–Crippen MR) is 86.4 cm³/mol. The van der Waals surface area contributed by atoms with Gasteiger partial charge >= 0.3 is 0 Å². The van der Waals surface area contributed by atoms with Crippen molar-refractivity contribution in [2.45, 2.75) is 18.7 Å². The fraction of sp³-hybridized carbons (Fsp3) is 0.231. The lowest BCUT2D eigenvalue weighted by molar-refractivity contribution is 1.13. The molecule has 1 unspecified atom stereocenters. The first-order chi connectivity index (χ1) is 7.99. The molecule has 0 aliphatic heterocycles. The van der Waals surface area contributed by atoms with Crippen molar-refractivity contribution in [1.82, 2.24) is 0 Å². The Morgan fingerprint density at radius 3 is 2.29 bits per heavy atom. The average Bonchev–Trinajstić information content (AvgIpc) is 2.57. The maximum atomic E-state index is 3.80. The molecule has 1 aromatic carbocycles. The summed E-state index contributed by atoms with van der Waals surface area (Å²) in [5.74, 6) is 0. The highest BCUT2D eigenvalue weighted by molar-refractivity contribution is 9.11. The SMILES string of the molecule is Cc1cc(Br)ccc1C(Br)c1cc(Br)sc1C. The lowest BCUT2D eigenvalue weighted by Gasteiger charge is -2.13. The van der Waals surface area contributed by atoms with E-state index in [2.05, 4.69) is 85.9 Å². The molecule has 0 fully saturated rings. The maximum absolute atomic E-state index is 3.80. The number of thiophene rings is 1. The van der Waals surface area contributed by atoms with Crippen molar-refractivity contribution in [3.05, 3.63) is 54.1 Å². The van der Waals surface area contributed by atoms with E-state index in [-0.39, 0.29) is 4.83 Å². The molecule has 0 spiro atoms. The van der Waals surface area contributed by atoms with Crippen LogP contribution < -0.4 is 0 Å². The zero-order chi connectivity index (χ0) is 12.6. The standard InChI is InChI=1S/C13H11Br3S/c1-7-5-9(14)3-4-10(7)13(16)11-6-12(15)17-8(11)2/h3-6,13H,1-2H3. The summed E-state index contributed by atoms with van der Waals surface area (Å²) in [5, 5.41) is 0. The van der Waals surface area contributed by atoms with Crippen LogP contribution in [0.4, 0.5) is 0 Å². The fourth-order valence-corrected chi connectivity index (χ4v) is 5.17. The van der Waals surface area contributed by atoms with Crippen LogP contribution in [-0.2, 0) is 0 Å². The van der Waals surface area contributed by atoms with E-state index in [1.807, 2.05) is 0 Å². The second-order valence-electron chi connectivity index (χ2n) is 3.93. The van der Waals surface area contributed by atoms with E-state index < -0.39 is 0 Å². The molecular weight excluding hydrogens is 428 g/mol. The van der Waals surface area contributed by atoms with Gasteiger partial charge in [-0.2, -0.15) is 0 Å². The molecule has 17 heavy (non-hydrogen) atoms. The fourth-order valence-electron chi connectivity index (χ4n) is 1.80. The highest BCUT2D eigenvalue weighted by atomic mass is 79.9. The van der Waals surface area contributed by atoms with Gasteiger partial charge in [0.25, 0.3) is 0 Å². The molecule has 0 bridgehead atoms. The molecule has 0 N–H and O–H groups in total. The number of hydrogen-bond donors (Lipinski definition) is 0. The Kier molecular flexibility index (Phi) is 4.50. The molecule has 0 aliphatic rings. The highest BCUT2D eigenvalue weighted by Crippen LogP contribution is 2.39. The summed E-state index contributed by atoms with van der Waals surface area (Å²) in [6.45, 7) is 4.30. The largest absolute Gasteiger partial charge is 0.133 e. The lowest BCUT2D eigenvalue weighted by Crippen LogP contribution is -1.95. The Balaban J connectivity index is 2.43. The smallest absolute Gasteiger partial charge is 0.0704 e. The van der Waals surface area contributed by atoms with Gasteiger partial charge < -0.3 is 0 Å². The second kappa shape index (κ2) is 5.55. The number of alkyl halides is 1. The molecule has 1 atom stereocenters. The quantitative estimate of drug-likeness (QED) is 0.477. The zero-order valence-electron chi connectivity index (χ0n) is 9.43. The summed E-state index contributed by atoms with van der Waals surface area (Å²) in [7, 11) is 0. The van der Waals surface area contributed by atoms with Crippen molar-refractivity contribution >= 4 is 59.1 Å². The molecule has 0 nitrogen and oxygen atoms in total. The Labute approximate surface area is 131 Å². The van der Waals surface area contributed by atoms with Gasteiger partial charge in [-0.05, 0) is 64.7 Å². The molecule has 0 amide bonds. The van der Waals surface area contributed by atoms with Crippen LogP contribution in [0.5, 0.6) is 0 Å². The van der Waals surface area contributed by atoms with E-state index in [4.69, 9.17) is 0 Å². The van der Waals surface area contributed by atoms with Gasteiger partial charge in [-0.1, -0.05) is 37.9 Å². The minimum Gasteiger partial charge on any atom is -0.133 e. The molecule has 2 rings (SSSR count). The summed E-state index contributed by atoms with van der Waals surface area (Å²) in [6, 6.07) is 8.61. The minimum absolute atomic E-state index is 0.262. The summed E-state index contributed by atoms with van der Waals surface area (Å²) < 4.78 is 2.31. The third kappa shape index (κ3) is 3.03. The van der Waals surface area contributed by atoms with E-state index in [1.54, 1.807) is 11.3 Å². The van der Waals surface area contributed by atoms with Crippen LogP contribution in [0.1, 0.15) is 26.4 Å². The first kappa shape index (κ1) is 13.8. The average molecular weight is 439 g/mol. The van der Waals surface area contributed by atoms with Crippen LogP contribution in [0.25, 0.3) is 0 Å². The third-order valence-corrected chi connectivity index (χ3v) is 5.75. The summed E-state index contributed by atoms with van der Waals surface area (Å²) in [6.07, 6.45) is 0. The lowest BCUT2D eigenvalue weighted by atomic mass is 10.0. The second-order valence-corrected chi connectivity index (χ2v) is 8.39. The zero-order valence-corrected chi connectivity index (χ0v) is 15.0. The number of halogens is 3. The maximum Gasteiger partial charge on any atom is 0.0704 e. The van der Waals surface area contributed by atoms with Gasteiger partial charge in [-0.15, -0.1) is 11.3 Å². The van der Waals surface area contributed by atoms with Crippen LogP contribution in [-0.4, -0.2) is 0 Å². The van der Waals surface area contributed by atoms with E-state index in [9.17, 15) is 0 Å². The number of benzene rings is 1. The topological polar surface area (TPSA) is 0 Å². The monoisotopic (exact) mass is 436 g/mol. The number of rotatable bonds is 2. The molecule has 0 aliphatic carbocycles. The van der Waals surface area contributed by atoms with Gasteiger partial charge in [-0.3, -0.25) is 0 Å². The van der Waals surface area contributed by atoms with E-state index in [1.165, 1.54) is 25.4 Å². The molecule has 0 radical (unpaired) electrons. The Morgan fingerprint density at radius 1 is 1.06 bits per heavy atom. The molecule has 0 saturated carbocycles. The van der Waals surface area contributed by atoms with Gasteiger partial charge in [0.1, 0.15) is 0 Å². The van der Waals surface area contributed by atoms with E-state index in [0.717, 1.165) is 4.47 Å². The van der Waals surface area contributed by atoms with E-state index >= 15 is 0 Å². The molecule has 1 aromatic heterocycles. The molecule has 1 heterocycles. The van der Waals surface area contributed by atoms with Crippen LogP contribution >= 0.6 is 59.1 Å². The summed E-state index contributed by atoms with van der Waals surface area (Å²) >= 11 is 12.6. The van der Waals surface area contributed by atoms with Crippen LogP contribution in [0, 0.1) is 13.8 Å². The highest BCUT2D eigenvalue weighted by Gasteiger charge is 2.17. The first-order valence-electron chi connectivity index (χ1n) is 5.15. The third-order valence-electron chi connectivity index (χ3n) is 2.70. The van der Waals surface area contributed by atoms with Crippen molar-refractivity contribution in [2.24, 2.45) is 0 Å². The molecule has 2 aromatic rings. The van der Waals surface area contributed by atoms with Crippen molar-refractivity contribution in [1.29, 1.82) is 0 Å². The normalized spacial score (nSPS) is 12.8. The van der Waals surface area contributed by atoms with Gasteiger partial charge in [0.2, 0.25) is 0 Å². The van der Waals surface area contributed by atoms with Crippen LogP contribution in [0.2, 0.25) is 0 Å². The van der Waals surface area contributed by atoms with Crippen molar-refractivity contribution in [2.75, 3.05) is 0 Å². The predicted octanol–water partition coefficient (Wildman–Crippen LogP) is 6.37. The number of aryl methyl sites for hydroxylation is 2. The van der Waals surface area contributed by atoms with Gasteiger partial charge in [-0.25, -0.2) is 0 Å². The van der Waals surface area contributed by atoms with Gasteiger partial charge in [0.05, 0.1) is 8.61 Å². The Hall–Kier alpha value is 0.360. The summed E-state index contributed by atoms with van der Waals surface area (Å²) in [5.41, 5.74) is 3.96. The Bertz CT molecular complexity index is 546. The molecular formula is C13H11Br3S.